The Morgan fingerprint density at radius 3 is 2.19 bits per heavy atom. The summed E-state index contributed by atoms with van der Waals surface area (Å²) in [4.78, 5) is 22.6. The predicted octanol–water partition coefficient (Wildman–Crippen LogP) is 5.13. The van der Waals surface area contributed by atoms with E-state index < -0.39 is 0 Å². The summed E-state index contributed by atoms with van der Waals surface area (Å²) >= 11 is 0. The van der Waals surface area contributed by atoms with Crippen molar-refractivity contribution >= 4 is 17.9 Å². The molecule has 0 heterocycles. The van der Waals surface area contributed by atoms with E-state index in [2.05, 4.69) is 12.2 Å². The summed E-state index contributed by atoms with van der Waals surface area (Å²) in [5.74, 6) is 0.130. The predicted molar refractivity (Wildman–Crippen MR) is 107 cm³/mol. The molecule has 0 atom stereocenters. The van der Waals surface area contributed by atoms with Gasteiger partial charge in [-0.05, 0) is 43.5 Å². The second-order valence-electron chi connectivity index (χ2n) is 7.07. The number of hydrogen-bond acceptors (Lipinski definition) is 3. The summed E-state index contributed by atoms with van der Waals surface area (Å²) in [6, 6.07) is 7.69. The molecule has 4 nitrogen and oxygen atoms in total. The number of rotatable bonds is 5. The topological polar surface area (TPSA) is 55.4 Å². The van der Waals surface area contributed by atoms with Gasteiger partial charge >= 0.3 is 0 Å². The molecule has 1 aliphatic carbocycles. The van der Waals surface area contributed by atoms with Gasteiger partial charge in [0.1, 0.15) is 5.75 Å². The summed E-state index contributed by atoms with van der Waals surface area (Å²) < 4.78 is 5.96. The maximum absolute atomic E-state index is 11.7. The number of ether oxygens (including phenoxy) is 1. The first kappa shape index (κ1) is 21.9. The zero-order chi connectivity index (χ0) is 19.6. The Morgan fingerprint density at radius 2 is 1.65 bits per heavy atom. The average Bonchev–Trinajstić information content (AvgIpc) is 2.63. The number of carbonyl (C=O) groups excluding carboxylic acids is 2. The first-order valence-corrected chi connectivity index (χ1v) is 9.61. The maximum Gasteiger partial charge on any atom is 0.253 e. The second-order valence-corrected chi connectivity index (χ2v) is 7.07. The van der Waals surface area contributed by atoms with E-state index in [9.17, 15) is 9.59 Å². The van der Waals surface area contributed by atoms with Gasteiger partial charge in [0.25, 0.3) is 5.91 Å². The Hall–Kier alpha value is -2.10. The maximum atomic E-state index is 11.7. The van der Waals surface area contributed by atoms with Gasteiger partial charge in [0.15, 0.2) is 0 Å². The van der Waals surface area contributed by atoms with Crippen LogP contribution in [-0.4, -0.2) is 18.4 Å². The van der Waals surface area contributed by atoms with Crippen LogP contribution in [0.15, 0.2) is 29.8 Å². The number of amides is 2. The highest BCUT2D eigenvalue weighted by Crippen LogP contribution is 2.36. The smallest absolute Gasteiger partial charge is 0.253 e. The molecule has 0 aliphatic heterocycles. The van der Waals surface area contributed by atoms with Crippen LogP contribution in [0.2, 0.25) is 0 Å². The van der Waals surface area contributed by atoms with Crippen molar-refractivity contribution in [2.75, 3.05) is 6.61 Å². The van der Waals surface area contributed by atoms with Gasteiger partial charge in [-0.3, -0.25) is 14.9 Å². The van der Waals surface area contributed by atoms with Crippen LogP contribution >= 0.6 is 0 Å². The van der Waals surface area contributed by atoms with E-state index in [4.69, 9.17) is 4.74 Å². The van der Waals surface area contributed by atoms with Crippen molar-refractivity contribution in [2.24, 2.45) is 5.41 Å². The van der Waals surface area contributed by atoms with Gasteiger partial charge in [-0.1, -0.05) is 52.2 Å². The van der Waals surface area contributed by atoms with Crippen molar-refractivity contribution in [3.63, 3.8) is 0 Å². The minimum atomic E-state index is -0.368. The van der Waals surface area contributed by atoms with E-state index in [-0.39, 0.29) is 17.2 Å². The van der Waals surface area contributed by atoms with E-state index >= 15 is 0 Å². The normalized spacial score (nSPS) is 16.1. The second kappa shape index (κ2) is 10.8. The van der Waals surface area contributed by atoms with Crippen molar-refractivity contribution in [3.8, 4) is 5.75 Å². The van der Waals surface area contributed by atoms with E-state index in [0.29, 0.717) is 5.57 Å². The van der Waals surface area contributed by atoms with Gasteiger partial charge in [-0.2, -0.15) is 0 Å². The SMILES string of the molecule is CC.CC(=O)NC(=O)/C(C)=C/c1ccc(OCC2(C)CCCCC2)cc1. The number of carbonyl (C=O) groups is 2. The fourth-order valence-electron chi connectivity index (χ4n) is 3.04. The molecule has 0 radical (unpaired) electrons. The lowest BCUT2D eigenvalue weighted by atomic mass is 9.76. The Labute approximate surface area is 158 Å². The molecule has 144 valence electrons. The molecule has 1 saturated carbocycles. The lowest BCUT2D eigenvalue weighted by molar-refractivity contribution is -0.127. The zero-order valence-electron chi connectivity index (χ0n) is 16.9. The highest BCUT2D eigenvalue weighted by Gasteiger charge is 2.27. The third-order valence-corrected chi connectivity index (χ3v) is 4.56. The molecule has 0 saturated heterocycles. The molecular formula is C22H33NO3. The highest BCUT2D eigenvalue weighted by molar-refractivity contribution is 6.05. The van der Waals surface area contributed by atoms with Crippen LogP contribution in [0.3, 0.4) is 0 Å². The fourth-order valence-corrected chi connectivity index (χ4v) is 3.04. The average molecular weight is 360 g/mol. The monoisotopic (exact) mass is 359 g/mol. The highest BCUT2D eigenvalue weighted by atomic mass is 16.5. The molecule has 0 spiro atoms. The van der Waals surface area contributed by atoms with Crippen LogP contribution in [0.4, 0.5) is 0 Å². The van der Waals surface area contributed by atoms with Crippen molar-refractivity contribution in [1.29, 1.82) is 0 Å². The van der Waals surface area contributed by atoms with Gasteiger partial charge in [-0.25, -0.2) is 0 Å². The summed E-state index contributed by atoms with van der Waals surface area (Å²) in [5.41, 5.74) is 1.69. The van der Waals surface area contributed by atoms with Gasteiger partial charge in [-0.15, -0.1) is 0 Å². The van der Waals surface area contributed by atoms with Crippen LogP contribution in [0.25, 0.3) is 6.08 Å². The first-order chi connectivity index (χ1) is 12.4. The fraction of sp³-hybridized carbons (Fsp3) is 0.545. The third kappa shape index (κ3) is 7.42. The van der Waals surface area contributed by atoms with Crippen molar-refractivity contribution < 1.29 is 14.3 Å². The number of nitrogens with one attached hydrogen (secondary N) is 1. The summed E-state index contributed by atoms with van der Waals surface area (Å²) in [6.45, 7) is 10.1. The van der Waals surface area contributed by atoms with Crippen molar-refractivity contribution in [3.05, 3.63) is 35.4 Å². The minimum absolute atomic E-state index is 0.290. The van der Waals surface area contributed by atoms with Gasteiger partial charge < -0.3 is 4.74 Å². The largest absolute Gasteiger partial charge is 0.493 e. The molecule has 1 N–H and O–H groups in total. The number of imide groups is 1. The lowest BCUT2D eigenvalue weighted by Crippen LogP contribution is -2.28. The molecule has 0 unspecified atom stereocenters. The molecule has 1 aromatic rings. The summed E-state index contributed by atoms with van der Waals surface area (Å²) in [6.07, 6.45) is 8.16. The third-order valence-electron chi connectivity index (χ3n) is 4.56. The van der Waals surface area contributed by atoms with Crippen molar-refractivity contribution in [1.82, 2.24) is 5.32 Å². The summed E-state index contributed by atoms with van der Waals surface area (Å²) in [7, 11) is 0. The Kier molecular flexibility index (Phi) is 9.11. The van der Waals surface area contributed by atoms with Crippen LogP contribution in [0.1, 0.15) is 72.3 Å². The Balaban J connectivity index is 0.00000163. The van der Waals surface area contributed by atoms with Crippen LogP contribution < -0.4 is 10.1 Å². The molecule has 1 aliphatic rings. The van der Waals surface area contributed by atoms with Gasteiger partial charge in [0.05, 0.1) is 6.61 Å². The summed E-state index contributed by atoms with van der Waals surface area (Å²) in [5, 5.41) is 2.26. The molecule has 0 bridgehead atoms. The molecule has 0 aromatic heterocycles. The lowest BCUT2D eigenvalue weighted by Gasteiger charge is -2.33. The molecule has 1 aromatic carbocycles. The molecule has 1 fully saturated rings. The van der Waals surface area contributed by atoms with Crippen LogP contribution in [0.5, 0.6) is 5.75 Å². The van der Waals surface area contributed by atoms with Crippen LogP contribution in [0, 0.1) is 5.41 Å². The molecule has 2 rings (SSSR count). The number of benzene rings is 1. The van der Waals surface area contributed by atoms with Gasteiger partial charge in [0, 0.05) is 17.9 Å². The Morgan fingerprint density at radius 1 is 1.08 bits per heavy atom. The van der Waals surface area contributed by atoms with Gasteiger partial charge in [0.2, 0.25) is 5.91 Å². The van der Waals surface area contributed by atoms with E-state index in [1.165, 1.54) is 39.0 Å². The minimum Gasteiger partial charge on any atom is -0.493 e. The number of hydrogen-bond donors (Lipinski definition) is 1. The molecule has 4 heteroatoms. The zero-order valence-corrected chi connectivity index (χ0v) is 16.9. The van der Waals surface area contributed by atoms with E-state index in [0.717, 1.165) is 17.9 Å². The quantitative estimate of drug-likeness (QED) is 0.742. The standard InChI is InChI=1S/C20H27NO3.C2H6/c1-15(19(23)21-16(2)22)13-17-7-9-18(10-8-17)24-14-20(3)11-5-4-6-12-20;1-2/h7-10,13H,4-6,11-12,14H2,1-3H3,(H,21,22,23);1-2H3/b15-13+;. The van der Waals surface area contributed by atoms with E-state index in [1.54, 1.807) is 13.0 Å². The first-order valence-electron chi connectivity index (χ1n) is 9.61. The van der Waals surface area contributed by atoms with Crippen LogP contribution in [-0.2, 0) is 9.59 Å². The molecular weight excluding hydrogens is 326 g/mol. The van der Waals surface area contributed by atoms with E-state index in [1.807, 2.05) is 38.1 Å². The molecule has 26 heavy (non-hydrogen) atoms. The van der Waals surface area contributed by atoms with Crippen molar-refractivity contribution in [2.45, 2.75) is 66.7 Å². The Bertz CT molecular complexity index is 611. The molecule has 2 amide bonds.